The van der Waals surface area contributed by atoms with Gasteiger partial charge in [0.15, 0.2) is 0 Å². The molecule has 3 heterocycles. The van der Waals surface area contributed by atoms with Crippen LogP contribution in [0.4, 0.5) is 5.69 Å². The number of hydrogen-bond donors (Lipinski definition) is 2. The van der Waals surface area contributed by atoms with Crippen LogP contribution >= 0.6 is 11.6 Å². The molecule has 0 radical (unpaired) electrons. The lowest BCUT2D eigenvalue weighted by atomic mass is 10.0. The van der Waals surface area contributed by atoms with E-state index in [4.69, 9.17) is 11.6 Å². The van der Waals surface area contributed by atoms with Gasteiger partial charge in [-0.3, -0.25) is 19.4 Å². The van der Waals surface area contributed by atoms with Crippen LogP contribution in [0.25, 0.3) is 11.1 Å². The van der Waals surface area contributed by atoms with E-state index in [-0.39, 0.29) is 17.5 Å². The number of amides is 3. The molecule has 3 aromatic rings. The number of carbonyl (C=O) groups excluding carboxylic acids is 3. The lowest BCUT2D eigenvalue weighted by Gasteiger charge is -2.24. The average molecular weight is 448 g/mol. The third-order valence-corrected chi connectivity index (χ3v) is 5.98. The van der Waals surface area contributed by atoms with Crippen LogP contribution in [0.3, 0.4) is 0 Å². The van der Waals surface area contributed by atoms with Crippen LogP contribution < -0.4 is 10.6 Å². The summed E-state index contributed by atoms with van der Waals surface area (Å²) in [5, 5.41) is 6.31. The molecule has 32 heavy (non-hydrogen) atoms. The van der Waals surface area contributed by atoms with Crippen LogP contribution in [-0.2, 0) is 4.79 Å². The third-order valence-electron chi connectivity index (χ3n) is 5.73. The number of hydrogen-bond acceptors (Lipinski definition) is 5. The number of carbonyl (C=O) groups is 3. The zero-order valence-electron chi connectivity index (χ0n) is 16.8. The van der Waals surface area contributed by atoms with E-state index in [1.165, 1.54) is 23.5 Å². The van der Waals surface area contributed by atoms with E-state index in [9.17, 15) is 14.4 Å². The predicted molar refractivity (Wildman–Crippen MR) is 118 cm³/mol. The van der Waals surface area contributed by atoms with Crippen LogP contribution in [0.1, 0.15) is 27.3 Å². The van der Waals surface area contributed by atoms with Crippen molar-refractivity contribution < 1.29 is 14.4 Å². The molecule has 9 heteroatoms. The SMILES string of the molecule is O=C(NC1CCN2C(=O)c3cc(-c4ccc(Cl)cc4)ccc3NC(=O)C12)c1cnccn1. The highest BCUT2D eigenvalue weighted by Crippen LogP contribution is 2.32. The number of anilines is 1. The normalized spacial score (nSPS) is 19.6. The van der Waals surface area contributed by atoms with Gasteiger partial charge >= 0.3 is 0 Å². The molecule has 1 saturated heterocycles. The molecule has 2 N–H and O–H groups in total. The molecule has 2 aromatic carbocycles. The number of rotatable bonds is 3. The molecule has 0 saturated carbocycles. The predicted octanol–water partition coefficient (Wildman–Crippen LogP) is 2.76. The minimum Gasteiger partial charge on any atom is -0.345 e. The Hall–Kier alpha value is -3.78. The van der Waals surface area contributed by atoms with E-state index in [1.807, 2.05) is 18.2 Å². The van der Waals surface area contributed by atoms with Gasteiger partial charge in [0.2, 0.25) is 5.91 Å². The molecule has 0 bridgehead atoms. The summed E-state index contributed by atoms with van der Waals surface area (Å²) in [5.74, 6) is -1.02. The number of benzene rings is 2. The molecular weight excluding hydrogens is 430 g/mol. The second-order valence-electron chi connectivity index (χ2n) is 7.66. The monoisotopic (exact) mass is 447 g/mol. The van der Waals surface area contributed by atoms with Gasteiger partial charge in [-0.25, -0.2) is 4.98 Å². The quantitative estimate of drug-likeness (QED) is 0.642. The average Bonchev–Trinajstić information content (AvgIpc) is 3.19. The number of nitrogens with one attached hydrogen (secondary N) is 2. The maximum absolute atomic E-state index is 13.4. The minimum absolute atomic E-state index is 0.155. The van der Waals surface area contributed by atoms with Crippen molar-refractivity contribution in [3.05, 3.63) is 77.3 Å². The van der Waals surface area contributed by atoms with Crippen molar-refractivity contribution in [1.82, 2.24) is 20.2 Å². The van der Waals surface area contributed by atoms with Crippen LogP contribution in [0.15, 0.2) is 61.1 Å². The van der Waals surface area contributed by atoms with E-state index >= 15 is 0 Å². The van der Waals surface area contributed by atoms with E-state index in [0.717, 1.165) is 11.1 Å². The molecule has 2 atom stereocenters. The largest absolute Gasteiger partial charge is 0.345 e. The van der Waals surface area contributed by atoms with Gasteiger partial charge in [0, 0.05) is 24.0 Å². The molecule has 2 unspecified atom stereocenters. The summed E-state index contributed by atoms with van der Waals surface area (Å²) in [5.41, 5.74) is 2.77. The fraction of sp³-hybridized carbons (Fsp3) is 0.174. The van der Waals surface area contributed by atoms with Crippen LogP contribution in [-0.4, -0.2) is 51.2 Å². The number of nitrogens with zero attached hydrogens (tertiary/aromatic N) is 3. The van der Waals surface area contributed by atoms with Crippen molar-refractivity contribution in [2.45, 2.75) is 18.5 Å². The van der Waals surface area contributed by atoms with Gasteiger partial charge in [-0.1, -0.05) is 29.8 Å². The highest BCUT2D eigenvalue weighted by atomic mass is 35.5. The van der Waals surface area contributed by atoms with Crippen molar-refractivity contribution in [2.75, 3.05) is 11.9 Å². The Balaban J connectivity index is 1.43. The maximum Gasteiger partial charge on any atom is 0.271 e. The first-order valence-corrected chi connectivity index (χ1v) is 10.5. The van der Waals surface area contributed by atoms with E-state index in [0.29, 0.717) is 29.2 Å². The highest BCUT2D eigenvalue weighted by Gasteiger charge is 2.45. The van der Waals surface area contributed by atoms with Gasteiger partial charge in [-0.05, 0) is 41.8 Å². The van der Waals surface area contributed by atoms with E-state index < -0.39 is 18.0 Å². The first kappa shape index (κ1) is 20.1. The second kappa shape index (κ2) is 8.05. The lowest BCUT2D eigenvalue weighted by Crippen LogP contribution is -2.51. The van der Waals surface area contributed by atoms with Crippen LogP contribution in [0.5, 0.6) is 0 Å². The fourth-order valence-electron chi connectivity index (χ4n) is 4.17. The smallest absolute Gasteiger partial charge is 0.271 e. The zero-order valence-corrected chi connectivity index (χ0v) is 17.5. The van der Waals surface area contributed by atoms with Crippen LogP contribution in [0, 0.1) is 0 Å². The molecule has 1 fully saturated rings. The summed E-state index contributed by atoms with van der Waals surface area (Å²) in [4.78, 5) is 48.3. The summed E-state index contributed by atoms with van der Waals surface area (Å²) >= 11 is 5.98. The summed E-state index contributed by atoms with van der Waals surface area (Å²) in [6.07, 6.45) is 4.71. The topological polar surface area (TPSA) is 104 Å². The van der Waals surface area contributed by atoms with Crippen molar-refractivity contribution in [3.8, 4) is 11.1 Å². The molecule has 2 aliphatic heterocycles. The number of fused-ring (bicyclic) bond motifs is 2. The summed E-state index contributed by atoms with van der Waals surface area (Å²) in [6.45, 7) is 0.354. The first-order chi connectivity index (χ1) is 15.5. The Bertz CT molecular complexity index is 1220. The molecule has 3 amide bonds. The summed E-state index contributed by atoms with van der Waals surface area (Å²) in [7, 11) is 0. The van der Waals surface area contributed by atoms with Gasteiger partial charge < -0.3 is 15.5 Å². The van der Waals surface area contributed by atoms with Gasteiger partial charge in [-0.15, -0.1) is 0 Å². The van der Waals surface area contributed by atoms with Crippen LogP contribution in [0.2, 0.25) is 5.02 Å². The highest BCUT2D eigenvalue weighted by molar-refractivity contribution is 6.30. The molecule has 5 rings (SSSR count). The molecular formula is C23H18ClN5O3. The minimum atomic E-state index is -0.811. The molecule has 8 nitrogen and oxygen atoms in total. The Morgan fingerprint density at radius 2 is 1.88 bits per heavy atom. The Kier molecular flexibility index (Phi) is 5.07. The molecule has 0 spiro atoms. The summed E-state index contributed by atoms with van der Waals surface area (Å²) in [6, 6.07) is 11.3. The Morgan fingerprint density at radius 3 is 2.62 bits per heavy atom. The second-order valence-corrected chi connectivity index (χ2v) is 8.10. The standard InChI is InChI=1S/C23H18ClN5O3/c24-15-4-1-13(2-5-15)14-3-6-17-16(11-14)23(32)29-10-7-18(20(29)22(31)27-17)28-21(30)19-12-25-8-9-26-19/h1-6,8-9,11-12,18,20H,7,10H2,(H,27,31)(H,28,30). The molecule has 1 aromatic heterocycles. The van der Waals surface area contributed by atoms with Gasteiger partial charge in [0.1, 0.15) is 11.7 Å². The van der Waals surface area contributed by atoms with Gasteiger partial charge in [-0.2, -0.15) is 0 Å². The van der Waals surface area contributed by atoms with Gasteiger partial charge in [0.05, 0.1) is 23.5 Å². The maximum atomic E-state index is 13.4. The van der Waals surface area contributed by atoms with Crippen molar-refractivity contribution in [3.63, 3.8) is 0 Å². The number of halogens is 1. The van der Waals surface area contributed by atoms with Crippen molar-refractivity contribution in [2.24, 2.45) is 0 Å². The fourth-order valence-corrected chi connectivity index (χ4v) is 4.29. The van der Waals surface area contributed by atoms with Gasteiger partial charge in [0.25, 0.3) is 11.8 Å². The Morgan fingerprint density at radius 1 is 1.09 bits per heavy atom. The third kappa shape index (κ3) is 3.58. The molecule has 2 aliphatic rings. The van der Waals surface area contributed by atoms with E-state index in [2.05, 4.69) is 20.6 Å². The Labute approximate surface area is 188 Å². The number of aromatic nitrogens is 2. The first-order valence-electron chi connectivity index (χ1n) is 10.1. The lowest BCUT2D eigenvalue weighted by molar-refractivity contribution is -0.120. The summed E-state index contributed by atoms with van der Waals surface area (Å²) < 4.78 is 0. The zero-order chi connectivity index (χ0) is 22.2. The van der Waals surface area contributed by atoms with E-state index in [1.54, 1.807) is 24.3 Å². The van der Waals surface area contributed by atoms with Crippen molar-refractivity contribution >= 4 is 35.0 Å². The molecule has 0 aliphatic carbocycles. The molecule has 160 valence electrons. The van der Waals surface area contributed by atoms with Crippen molar-refractivity contribution in [1.29, 1.82) is 0 Å².